The maximum atomic E-state index is 13.7. The van der Waals surface area contributed by atoms with Crippen LogP contribution in [0.2, 0.25) is 0 Å². The molecule has 43 heavy (non-hydrogen) atoms. The summed E-state index contributed by atoms with van der Waals surface area (Å²) in [6.07, 6.45) is 7.38. The number of furan rings is 1. The van der Waals surface area contributed by atoms with Gasteiger partial charge in [-0.1, -0.05) is 18.0 Å². The number of carbonyl (C=O) groups is 2. The largest absolute Gasteiger partial charge is 0.455 e. The summed E-state index contributed by atoms with van der Waals surface area (Å²) in [5.74, 6) is -0.115. The van der Waals surface area contributed by atoms with Crippen molar-refractivity contribution < 1.29 is 18.4 Å². The average Bonchev–Trinajstić information content (AvgIpc) is 3.42. The molecule has 1 aliphatic heterocycles. The molecular weight excluding hydrogens is 565 g/mol. The summed E-state index contributed by atoms with van der Waals surface area (Å²) in [6.45, 7) is 1.27. The minimum absolute atomic E-state index is 0.0656. The molecule has 1 N–H and O–H groups in total. The Morgan fingerprint density at radius 1 is 1.09 bits per heavy atom. The maximum Gasteiger partial charge on any atom is 0.255 e. The number of hydrogen-bond acceptors (Lipinski definition) is 7. The Morgan fingerprint density at radius 3 is 2.60 bits per heavy atom. The Morgan fingerprint density at radius 2 is 1.86 bits per heavy atom. The summed E-state index contributed by atoms with van der Waals surface area (Å²) in [5, 5.41) is 3.42. The van der Waals surface area contributed by atoms with Crippen molar-refractivity contribution >= 4 is 51.5 Å². The second-order valence-corrected chi connectivity index (χ2v) is 11.6. The molecule has 220 valence electrons. The van der Waals surface area contributed by atoms with Gasteiger partial charge in [-0.2, -0.15) is 0 Å². The summed E-state index contributed by atoms with van der Waals surface area (Å²) >= 11 is 1.57. The molecule has 6 rings (SSSR count). The van der Waals surface area contributed by atoms with Gasteiger partial charge in [0, 0.05) is 68.8 Å². The number of nitrogens with zero attached hydrogens (tertiary/aromatic N) is 4. The van der Waals surface area contributed by atoms with Gasteiger partial charge < -0.3 is 18.9 Å². The van der Waals surface area contributed by atoms with Gasteiger partial charge in [0.05, 0.1) is 28.7 Å². The summed E-state index contributed by atoms with van der Waals surface area (Å²) < 4.78 is 22.1. The third kappa shape index (κ3) is 5.67. The van der Waals surface area contributed by atoms with Crippen LogP contribution in [-0.4, -0.2) is 60.1 Å². The molecule has 3 aromatic carbocycles. The van der Waals surface area contributed by atoms with E-state index in [0.29, 0.717) is 47.4 Å². The van der Waals surface area contributed by atoms with Gasteiger partial charge >= 0.3 is 0 Å². The monoisotopic (exact) mass is 597 g/mol. The van der Waals surface area contributed by atoms with E-state index in [1.165, 1.54) is 12.1 Å². The molecule has 1 fully saturated rings. The van der Waals surface area contributed by atoms with Crippen LogP contribution < -0.4 is 9.62 Å². The molecule has 0 aliphatic carbocycles. The zero-order chi connectivity index (χ0) is 30.1. The van der Waals surface area contributed by atoms with Gasteiger partial charge in [0.15, 0.2) is 0 Å². The van der Waals surface area contributed by atoms with E-state index in [1.54, 1.807) is 43.5 Å². The lowest BCUT2D eigenvalue weighted by Gasteiger charge is -2.35. The van der Waals surface area contributed by atoms with E-state index in [4.69, 9.17) is 4.42 Å². The third-order valence-corrected chi connectivity index (χ3v) is 8.86. The molecule has 0 spiro atoms. The number of aromatic nitrogens is 2. The van der Waals surface area contributed by atoms with Crippen molar-refractivity contribution in [1.82, 2.24) is 20.2 Å². The molecule has 1 aliphatic rings. The van der Waals surface area contributed by atoms with E-state index in [2.05, 4.69) is 19.6 Å². The number of likely N-dealkylation sites (tertiary alicyclic amines) is 1. The Hall–Kier alpha value is -4.44. The summed E-state index contributed by atoms with van der Waals surface area (Å²) in [4.78, 5) is 37.3. The number of hydrogen-bond donors (Lipinski definition) is 1. The minimum atomic E-state index is -0.363. The van der Waals surface area contributed by atoms with Crippen LogP contribution in [0, 0.1) is 5.82 Å². The van der Waals surface area contributed by atoms with E-state index < -0.39 is 0 Å². The highest BCUT2D eigenvalue weighted by atomic mass is 32.2. The fourth-order valence-electron chi connectivity index (χ4n) is 5.86. The van der Waals surface area contributed by atoms with Crippen molar-refractivity contribution in [1.29, 1.82) is 0 Å². The minimum Gasteiger partial charge on any atom is -0.455 e. The molecule has 1 saturated heterocycles. The van der Waals surface area contributed by atoms with Gasteiger partial charge in [0.2, 0.25) is 5.91 Å². The number of amides is 2. The normalized spacial score (nSPS) is 15.2. The van der Waals surface area contributed by atoms with E-state index in [9.17, 15) is 14.0 Å². The molecule has 1 atom stereocenters. The van der Waals surface area contributed by atoms with Crippen LogP contribution in [0.15, 0.2) is 71.4 Å². The SMILES string of the molecule is CNC(=O)c1c(-c2ccc(F)cc2)oc2cc(N(C)SC)c(C3CCCN(C(=O)Cc4ccc5nccnc5c4)C3)cc12. The van der Waals surface area contributed by atoms with Crippen LogP contribution in [0.5, 0.6) is 0 Å². The summed E-state index contributed by atoms with van der Waals surface area (Å²) in [5.41, 5.74) is 6.10. The first-order valence-electron chi connectivity index (χ1n) is 14.2. The van der Waals surface area contributed by atoms with E-state index in [0.717, 1.165) is 40.7 Å². The molecule has 5 aromatic rings. The van der Waals surface area contributed by atoms with Gasteiger partial charge in [-0.3, -0.25) is 19.6 Å². The lowest BCUT2D eigenvalue weighted by molar-refractivity contribution is -0.131. The van der Waals surface area contributed by atoms with E-state index in [-0.39, 0.29) is 23.5 Å². The van der Waals surface area contributed by atoms with Crippen molar-refractivity contribution in [2.75, 3.05) is 37.7 Å². The second-order valence-electron chi connectivity index (χ2n) is 10.7. The highest BCUT2D eigenvalue weighted by Gasteiger charge is 2.30. The molecular formula is C33H32FN5O3S. The quantitative estimate of drug-likeness (QED) is 0.223. The van der Waals surface area contributed by atoms with Crippen LogP contribution >= 0.6 is 11.9 Å². The first kappa shape index (κ1) is 28.7. The molecule has 2 amide bonds. The maximum absolute atomic E-state index is 13.7. The number of benzene rings is 3. The lowest BCUT2D eigenvalue weighted by Crippen LogP contribution is -2.40. The van der Waals surface area contributed by atoms with Crippen molar-refractivity contribution in [2.24, 2.45) is 0 Å². The highest BCUT2D eigenvalue weighted by Crippen LogP contribution is 2.42. The first-order valence-corrected chi connectivity index (χ1v) is 15.4. The van der Waals surface area contributed by atoms with E-state index >= 15 is 0 Å². The Kier molecular flexibility index (Phi) is 8.03. The average molecular weight is 598 g/mol. The highest BCUT2D eigenvalue weighted by molar-refractivity contribution is 7.99. The molecule has 0 bridgehead atoms. The van der Waals surface area contributed by atoms with Crippen molar-refractivity contribution in [3.8, 4) is 11.3 Å². The van der Waals surface area contributed by atoms with Crippen molar-refractivity contribution in [3.05, 3.63) is 89.5 Å². The van der Waals surface area contributed by atoms with Gasteiger partial charge in [0.25, 0.3) is 5.91 Å². The van der Waals surface area contributed by atoms with Gasteiger partial charge in [-0.05, 0) is 66.4 Å². The number of fused-ring (bicyclic) bond motifs is 2. The fourth-order valence-corrected chi connectivity index (χ4v) is 6.22. The number of halogens is 1. The second kappa shape index (κ2) is 12.0. The van der Waals surface area contributed by atoms with Crippen LogP contribution in [0.4, 0.5) is 10.1 Å². The van der Waals surface area contributed by atoms with Crippen molar-refractivity contribution in [3.63, 3.8) is 0 Å². The molecule has 10 heteroatoms. The first-order chi connectivity index (χ1) is 20.9. The van der Waals surface area contributed by atoms with E-state index in [1.807, 2.05) is 48.5 Å². The van der Waals surface area contributed by atoms with Crippen molar-refractivity contribution in [2.45, 2.75) is 25.2 Å². The number of nitrogens with one attached hydrogen (secondary N) is 1. The Bertz CT molecular complexity index is 1820. The molecule has 3 heterocycles. The smallest absolute Gasteiger partial charge is 0.255 e. The molecule has 1 unspecified atom stereocenters. The third-order valence-electron chi connectivity index (χ3n) is 8.11. The Balaban J connectivity index is 1.36. The van der Waals surface area contributed by atoms with Gasteiger partial charge in [-0.15, -0.1) is 0 Å². The standard InChI is InChI=1S/C33H32FN5O3S/c1-35-33(41)31-25-17-24(28(38(2)43-3)18-29(25)42-32(31)21-7-9-23(34)10-8-21)22-5-4-14-39(19-22)30(40)16-20-6-11-26-27(15-20)37-13-12-36-26/h6-13,15,17-18,22H,4-5,14,16,19H2,1-3H3,(H,35,41). The van der Waals surface area contributed by atoms with Gasteiger partial charge in [0.1, 0.15) is 17.2 Å². The number of piperidine rings is 1. The predicted octanol–water partition coefficient (Wildman–Crippen LogP) is 6.20. The summed E-state index contributed by atoms with van der Waals surface area (Å²) in [6, 6.07) is 15.7. The number of anilines is 1. The molecule has 0 saturated carbocycles. The van der Waals surface area contributed by atoms with Crippen LogP contribution in [0.3, 0.4) is 0 Å². The van der Waals surface area contributed by atoms with Crippen LogP contribution in [-0.2, 0) is 11.2 Å². The Labute approximate surface area is 253 Å². The number of carbonyl (C=O) groups excluding carboxylic acids is 2. The zero-order valence-corrected chi connectivity index (χ0v) is 25.1. The predicted molar refractivity (Wildman–Crippen MR) is 169 cm³/mol. The molecule has 8 nitrogen and oxygen atoms in total. The topological polar surface area (TPSA) is 91.6 Å². The van der Waals surface area contributed by atoms with Crippen LogP contribution in [0.25, 0.3) is 33.3 Å². The molecule has 2 aromatic heterocycles. The zero-order valence-electron chi connectivity index (χ0n) is 24.3. The fraction of sp³-hybridized carbons (Fsp3) is 0.273. The lowest BCUT2D eigenvalue weighted by atomic mass is 9.87. The summed E-state index contributed by atoms with van der Waals surface area (Å²) in [7, 11) is 3.58. The van der Waals surface area contributed by atoms with Gasteiger partial charge in [-0.25, -0.2) is 4.39 Å². The van der Waals surface area contributed by atoms with Crippen LogP contribution in [0.1, 0.15) is 40.2 Å². The number of rotatable bonds is 7. The molecule has 0 radical (unpaired) electrons.